The van der Waals surface area contributed by atoms with E-state index < -0.39 is 11.8 Å². The van der Waals surface area contributed by atoms with Crippen LogP contribution in [0.4, 0.5) is 26.2 Å². The maximum Gasteiger partial charge on any atom is 0.323 e. The Kier molecular flexibility index (Phi) is 6.67. The molecule has 0 unspecified atom stereocenters. The molecule has 0 saturated heterocycles. The molecule has 0 saturated carbocycles. The largest absolute Gasteiger partial charge is 0.325 e. The number of thioether (sulfide) groups is 1. The number of halogens is 1. The van der Waals surface area contributed by atoms with Gasteiger partial charge in [0.25, 0.3) is 0 Å². The molecule has 6 nitrogen and oxygen atoms in total. The predicted molar refractivity (Wildman–Crippen MR) is 129 cm³/mol. The highest BCUT2D eigenvalue weighted by Crippen LogP contribution is 2.31. The van der Waals surface area contributed by atoms with Gasteiger partial charge in [0.1, 0.15) is 5.82 Å². The van der Waals surface area contributed by atoms with Crippen LogP contribution in [0.25, 0.3) is 10.2 Å². The lowest BCUT2D eigenvalue weighted by molar-refractivity contribution is -0.113. The van der Waals surface area contributed by atoms with Crippen LogP contribution in [0.15, 0.2) is 71.1 Å². The van der Waals surface area contributed by atoms with Crippen LogP contribution >= 0.6 is 23.1 Å². The lowest BCUT2D eigenvalue weighted by Crippen LogP contribution is -2.19. The summed E-state index contributed by atoms with van der Waals surface area (Å²) >= 11 is 2.81. The SMILES string of the molecule is Cc1ccccc1NC(=O)CSc1nc2ccc(NC(=O)Nc3cccc(F)c3)cc2s1. The average Bonchev–Trinajstić information content (AvgIpc) is 3.16. The van der Waals surface area contributed by atoms with E-state index in [1.54, 1.807) is 18.2 Å². The second-order valence-corrected chi connectivity index (χ2v) is 9.16. The summed E-state index contributed by atoms with van der Waals surface area (Å²) in [5.41, 5.74) is 3.54. The number of nitrogens with one attached hydrogen (secondary N) is 3. The van der Waals surface area contributed by atoms with Gasteiger partial charge in [0.05, 0.1) is 16.0 Å². The van der Waals surface area contributed by atoms with Crippen molar-refractivity contribution in [2.45, 2.75) is 11.3 Å². The third-order valence-electron chi connectivity index (χ3n) is 4.46. The molecule has 0 aliphatic heterocycles. The van der Waals surface area contributed by atoms with E-state index in [4.69, 9.17) is 0 Å². The van der Waals surface area contributed by atoms with E-state index in [9.17, 15) is 14.0 Å². The van der Waals surface area contributed by atoms with Crippen LogP contribution in [0.5, 0.6) is 0 Å². The summed E-state index contributed by atoms with van der Waals surface area (Å²) < 4.78 is 14.9. The van der Waals surface area contributed by atoms with E-state index in [-0.39, 0.29) is 11.7 Å². The van der Waals surface area contributed by atoms with Crippen molar-refractivity contribution in [2.24, 2.45) is 0 Å². The van der Waals surface area contributed by atoms with Gasteiger partial charge in [-0.05, 0) is 55.0 Å². The van der Waals surface area contributed by atoms with Crippen molar-refractivity contribution in [1.29, 1.82) is 0 Å². The van der Waals surface area contributed by atoms with Crippen LogP contribution in [-0.4, -0.2) is 22.7 Å². The Morgan fingerprint density at radius 3 is 2.53 bits per heavy atom. The Balaban J connectivity index is 1.35. The fraction of sp³-hybridized carbons (Fsp3) is 0.0870. The number of aryl methyl sites for hydroxylation is 1. The quantitative estimate of drug-likeness (QED) is 0.299. The van der Waals surface area contributed by atoms with Gasteiger partial charge in [-0.15, -0.1) is 11.3 Å². The number of amides is 3. The first-order chi connectivity index (χ1) is 15.5. The molecule has 1 aromatic heterocycles. The number of carbonyl (C=O) groups is 2. The van der Waals surface area contributed by atoms with Gasteiger partial charge >= 0.3 is 6.03 Å². The lowest BCUT2D eigenvalue weighted by atomic mass is 10.2. The molecular formula is C23H19FN4O2S2. The number of urea groups is 1. The summed E-state index contributed by atoms with van der Waals surface area (Å²) in [6.07, 6.45) is 0. The van der Waals surface area contributed by atoms with Crippen molar-refractivity contribution < 1.29 is 14.0 Å². The molecule has 0 fully saturated rings. The van der Waals surface area contributed by atoms with Gasteiger partial charge in [-0.25, -0.2) is 14.2 Å². The number of carbonyl (C=O) groups excluding carboxylic acids is 2. The zero-order valence-corrected chi connectivity index (χ0v) is 18.6. The zero-order chi connectivity index (χ0) is 22.5. The molecular weight excluding hydrogens is 447 g/mol. The van der Waals surface area contributed by atoms with Crippen LogP contribution in [0.1, 0.15) is 5.56 Å². The highest BCUT2D eigenvalue weighted by atomic mass is 32.2. The van der Waals surface area contributed by atoms with E-state index in [0.717, 1.165) is 25.8 Å². The second-order valence-electron chi connectivity index (χ2n) is 6.90. The number of nitrogens with zero attached hydrogens (tertiary/aromatic N) is 1. The van der Waals surface area contributed by atoms with Crippen molar-refractivity contribution in [3.63, 3.8) is 0 Å². The van der Waals surface area contributed by atoms with Gasteiger partial charge in [0.2, 0.25) is 5.91 Å². The number of fused-ring (bicyclic) bond motifs is 1. The number of para-hydroxylation sites is 1. The number of rotatable bonds is 6. The summed E-state index contributed by atoms with van der Waals surface area (Å²) in [6, 6.07) is 18.2. The minimum absolute atomic E-state index is 0.0973. The Morgan fingerprint density at radius 1 is 0.969 bits per heavy atom. The minimum atomic E-state index is -0.470. The molecule has 3 amide bonds. The molecule has 0 radical (unpaired) electrons. The first-order valence-corrected chi connectivity index (χ1v) is 11.5. The fourth-order valence-corrected chi connectivity index (χ4v) is 4.84. The molecule has 4 rings (SSSR count). The zero-order valence-electron chi connectivity index (χ0n) is 17.0. The van der Waals surface area contributed by atoms with Crippen LogP contribution in [-0.2, 0) is 4.79 Å². The van der Waals surface area contributed by atoms with Crippen LogP contribution in [0.2, 0.25) is 0 Å². The van der Waals surface area contributed by atoms with E-state index in [1.807, 2.05) is 37.3 Å². The molecule has 3 N–H and O–H groups in total. The minimum Gasteiger partial charge on any atom is -0.325 e. The van der Waals surface area contributed by atoms with Crippen molar-refractivity contribution in [3.05, 3.63) is 78.1 Å². The highest BCUT2D eigenvalue weighted by Gasteiger charge is 2.11. The third-order valence-corrected chi connectivity index (χ3v) is 6.62. The van der Waals surface area contributed by atoms with Crippen LogP contribution < -0.4 is 16.0 Å². The summed E-state index contributed by atoms with van der Waals surface area (Å²) in [7, 11) is 0. The summed E-state index contributed by atoms with van der Waals surface area (Å²) in [4.78, 5) is 29.0. The van der Waals surface area contributed by atoms with Gasteiger partial charge in [-0.2, -0.15) is 0 Å². The van der Waals surface area contributed by atoms with Gasteiger partial charge in [0.15, 0.2) is 4.34 Å². The number of benzene rings is 3. The normalized spacial score (nSPS) is 10.7. The summed E-state index contributed by atoms with van der Waals surface area (Å²) in [5.74, 6) is -0.276. The van der Waals surface area contributed by atoms with Crippen molar-refractivity contribution in [1.82, 2.24) is 4.98 Å². The Morgan fingerprint density at radius 2 is 1.75 bits per heavy atom. The lowest BCUT2D eigenvalue weighted by Gasteiger charge is -2.07. The molecule has 9 heteroatoms. The molecule has 162 valence electrons. The molecule has 0 bridgehead atoms. The van der Waals surface area contributed by atoms with E-state index in [1.165, 1.54) is 41.3 Å². The molecule has 0 aliphatic carbocycles. The standard InChI is InChI=1S/C23H19FN4O2S2/c1-14-5-2-3-8-18(14)27-21(29)13-31-23-28-19-10-9-17(12-20(19)32-23)26-22(30)25-16-7-4-6-15(24)11-16/h2-12H,13H2,1H3,(H,27,29)(H2,25,26,30). The van der Waals surface area contributed by atoms with E-state index >= 15 is 0 Å². The topological polar surface area (TPSA) is 83.1 Å². The van der Waals surface area contributed by atoms with Crippen LogP contribution in [0, 0.1) is 12.7 Å². The van der Waals surface area contributed by atoms with Gasteiger partial charge in [-0.3, -0.25) is 4.79 Å². The molecule has 32 heavy (non-hydrogen) atoms. The van der Waals surface area contributed by atoms with Gasteiger partial charge < -0.3 is 16.0 Å². The Labute approximate surface area is 192 Å². The van der Waals surface area contributed by atoms with E-state index in [2.05, 4.69) is 20.9 Å². The van der Waals surface area contributed by atoms with Gasteiger partial charge in [0, 0.05) is 17.1 Å². The molecule has 0 spiro atoms. The maximum atomic E-state index is 13.3. The van der Waals surface area contributed by atoms with Crippen LogP contribution in [0.3, 0.4) is 0 Å². The first kappa shape index (κ1) is 21.8. The maximum absolute atomic E-state index is 13.3. The monoisotopic (exact) mass is 466 g/mol. The third kappa shape index (κ3) is 5.63. The van der Waals surface area contributed by atoms with Crippen molar-refractivity contribution >= 4 is 62.3 Å². The Hall–Kier alpha value is -3.43. The highest BCUT2D eigenvalue weighted by molar-refractivity contribution is 8.01. The number of hydrogen-bond donors (Lipinski definition) is 3. The van der Waals surface area contributed by atoms with Gasteiger partial charge in [-0.1, -0.05) is 36.0 Å². The number of hydrogen-bond acceptors (Lipinski definition) is 5. The summed E-state index contributed by atoms with van der Waals surface area (Å²) in [6.45, 7) is 1.94. The fourth-order valence-electron chi connectivity index (χ4n) is 2.93. The number of anilines is 3. The predicted octanol–water partition coefficient (Wildman–Crippen LogP) is 6.12. The molecule has 3 aromatic carbocycles. The van der Waals surface area contributed by atoms with Crippen molar-refractivity contribution in [3.8, 4) is 0 Å². The molecule has 0 atom stereocenters. The number of thiazole rings is 1. The number of aromatic nitrogens is 1. The first-order valence-electron chi connectivity index (χ1n) is 9.69. The molecule has 4 aromatic rings. The molecule has 1 heterocycles. The Bertz CT molecular complexity index is 1290. The summed E-state index contributed by atoms with van der Waals surface area (Å²) in [5, 5.41) is 8.23. The second kappa shape index (κ2) is 9.80. The average molecular weight is 467 g/mol. The smallest absolute Gasteiger partial charge is 0.323 e. The molecule has 0 aliphatic rings. The van der Waals surface area contributed by atoms with Crippen molar-refractivity contribution in [2.75, 3.05) is 21.7 Å². The van der Waals surface area contributed by atoms with E-state index in [0.29, 0.717) is 11.4 Å².